The zero-order chi connectivity index (χ0) is 25.4. The Morgan fingerprint density at radius 2 is 1.92 bits per heavy atom. The van der Waals surface area contributed by atoms with Crippen molar-refractivity contribution in [3.63, 3.8) is 0 Å². The van der Waals surface area contributed by atoms with E-state index in [0.29, 0.717) is 31.1 Å². The molecule has 3 aromatic carbocycles. The van der Waals surface area contributed by atoms with Crippen LogP contribution in [0.5, 0.6) is 5.75 Å². The van der Waals surface area contributed by atoms with Crippen molar-refractivity contribution in [2.75, 3.05) is 13.7 Å². The minimum atomic E-state index is -0.312. The number of methoxy groups -OCH3 is 1. The molecule has 0 unspecified atom stereocenters. The van der Waals surface area contributed by atoms with Crippen LogP contribution in [0.2, 0.25) is 0 Å². The molecule has 6 rings (SSSR count). The number of cyclic esters (lactones) is 1. The van der Waals surface area contributed by atoms with E-state index in [-0.39, 0.29) is 12.2 Å². The van der Waals surface area contributed by atoms with Crippen molar-refractivity contribution in [1.82, 2.24) is 29.4 Å². The van der Waals surface area contributed by atoms with Gasteiger partial charge < -0.3 is 18.9 Å². The van der Waals surface area contributed by atoms with Crippen molar-refractivity contribution in [1.29, 1.82) is 0 Å². The number of imidazole rings is 1. The van der Waals surface area contributed by atoms with Gasteiger partial charge in [0.15, 0.2) is 0 Å². The van der Waals surface area contributed by atoms with Crippen molar-refractivity contribution in [2.45, 2.75) is 26.1 Å². The van der Waals surface area contributed by atoms with E-state index in [4.69, 9.17) is 9.47 Å². The molecule has 1 aliphatic heterocycles. The number of rotatable bonds is 7. The average Bonchev–Trinajstić information content (AvgIpc) is 3.64. The maximum Gasteiger partial charge on any atom is 0.410 e. The van der Waals surface area contributed by atoms with E-state index in [1.165, 1.54) is 5.39 Å². The van der Waals surface area contributed by atoms with Gasteiger partial charge in [-0.05, 0) is 41.5 Å². The van der Waals surface area contributed by atoms with E-state index in [9.17, 15) is 4.79 Å². The van der Waals surface area contributed by atoms with Gasteiger partial charge in [0.2, 0.25) is 0 Å². The highest BCUT2D eigenvalue weighted by molar-refractivity contribution is 5.83. The summed E-state index contributed by atoms with van der Waals surface area (Å²) in [6, 6.07) is 20.3. The van der Waals surface area contributed by atoms with Crippen molar-refractivity contribution in [2.24, 2.45) is 0 Å². The molecule has 0 bridgehead atoms. The summed E-state index contributed by atoms with van der Waals surface area (Å²) in [6.45, 7) is 3.37. The van der Waals surface area contributed by atoms with E-state index in [2.05, 4.69) is 45.6 Å². The van der Waals surface area contributed by atoms with E-state index in [0.717, 1.165) is 27.9 Å². The lowest BCUT2D eigenvalue weighted by molar-refractivity contribution is 0.122. The fourth-order valence-corrected chi connectivity index (χ4v) is 4.69. The van der Waals surface area contributed by atoms with E-state index in [1.807, 2.05) is 54.2 Å². The first-order chi connectivity index (χ1) is 18.1. The molecule has 1 amide bonds. The molecule has 37 heavy (non-hydrogen) atoms. The Morgan fingerprint density at radius 3 is 2.73 bits per heavy atom. The first-order valence-corrected chi connectivity index (χ1v) is 12.1. The molecule has 1 atom stereocenters. The number of ether oxygens (including phenoxy) is 2. The lowest BCUT2D eigenvalue weighted by Crippen LogP contribution is -2.26. The molecule has 3 heterocycles. The van der Waals surface area contributed by atoms with Crippen LogP contribution in [0.1, 0.15) is 11.3 Å². The van der Waals surface area contributed by atoms with Crippen LogP contribution in [0.4, 0.5) is 4.79 Å². The SMILES string of the molecule is COc1cc(-c2cn(C[C@H]3CN(Cc4ccc5ccccc5c4)C(=O)O3)nn2)ccc1-n1cnc(C)c1. The number of carbonyl (C=O) groups excluding carboxylic acids is 1. The summed E-state index contributed by atoms with van der Waals surface area (Å²) in [7, 11) is 1.64. The van der Waals surface area contributed by atoms with Crippen molar-refractivity contribution >= 4 is 16.9 Å². The Labute approximate surface area is 213 Å². The zero-order valence-electron chi connectivity index (χ0n) is 20.6. The lowest BCUT2D eigenvalue weighted by Gasteiger charge is -2.13. The summed E-state index contributed by atoms with van der Waals surface area (Å²) in [6.07, 6.45) is 4.95. The van der Waals surface area contributed by atoms with Gasteiger partial charge in [0.1, 0.15) is 17.5 Å². The van der Waals surface area contributed by atoms with Crippen LogP contribution in [0.25, 0.3) is 27.7 Å². The molecule has 1 saturated heterocycles. The second kappa shape index (κ2) is 9.42. The molecule has 5 aromatic rings. The monoisotopic (exact) mass is 494 g/mol. The van der Waals surface area contributed by atoms with Gasteiger partial charge in [-0.15, -0.1) is 5.10 Å². The van der Waals surface area contributed by atoms with Crippen LogP contribution in [0, 0.1) is 6.92 Å². The first-order valence-electron chi connectivity index (χ1n) is 12.1. The van der Waals surface area contributed by atoms with Crippen molar-refractivity contribution in [3.05, 3.63) is 90.6 Å². The number of aryl methyl sites for hydroxylation is 1. The molecule has 9 nitrogen and oxygen atoms in total. The fraction of sp³-hybridized carbons (Fsp3) is 0.214. The summed E-state index contributed by atoms with van der Waals surface area (Å²) in [5.74, 6) is 0.707. The van der Waals surface area contributed by atoms with Gasteiger partial charge >= 0.3 is 6.09 Å². The summed E-state index contributed by atoms with van der Waals surface area (Å²) in [4.78, 5) is 18.5. The van der Waals surface area contributed by atoms with Gasteiger partial charge in [-0.25, -0.2) is 14.5 Å². The molecule has 0 aliphatic carbocycles. The van der Waals surface area contributed by atoms with Crippen LogP contribution < -0.4 is 4.74 Å². The molecule has 9 heteroatoms. The molecule has 0 N–H and O–H groups in total. The Hall–Kier alpha value is -4.66. The Kier molecular flexibility index (Phi) is 5.80. The van der Waals surface area contributed by atoms with Gasteiger partial charge in [-0.1, -0.05) is 47.7 Å². The molecule has 2 aromatic heterocycles. The normalized spacial score (nSPS) is 15.4. The average molecular weight is 495 g/mol. The number of fused-ring (bicyclic) bond motifs is 1. The Bertz CT molecular complexity index is 1590. The standard InChI is InChI=1S/C28H26N6O3/c1-19-13-33(18-29-19)26-10-9-23(12-27(26)36-2)25-17-34(31-30-25)16-24-15-32(28(35)37-24)14-20-7-8-21-5-3-4-6-22(21)11-20/h3-13,17-18,24H,14-16H2,1-2H3/t24-/m1/s1. The van der Waals surface area contributed by atoms with Gasteiger partial charge in [0, 0.05) is 18.3 Å². The Morgan fingerprint density at radius 1 is 1.05 bits per heavy atom. The molecule has 1 aliphatic rings. The molecule has 0 saturated carbocycles. The minimum absolute atomic E-state index is 0.302. The van der Waals surface area contributed by atoms with Crippen LogP contribution in [0.3, 0.4) is 0 Å². The van der Waals surface area contributed by atoms with E-state index in [1.54, 1.807) is 23.0 Å². The molecular formula is C28H26N6O3. The second-order valence-corrected chi connectivity index (χ2v) is 9.20. The molecule has 0 radical (unpaired) electrons. The minimum Gasteiger partial charge on any atom is -0.495 e. The van der Waals surface area contributed by atoms with E-state index >= 15 is 0 Å². The number of benzene rings is 3. The van der Waals surface area contributed by atoms with Crippen molar-refractivity contribution in [3.8, 4) is 22.7 Å². The molecular weight excluding hydrogens is 468 g/mol. The highest BCUT2D eigenvalue weighted by Gasteiger charge is 2.31. The zero-order valence-corrected chi connectivity index (χ0v) is 20.6. The van der Waals surface area contributed by atoms with Gasteiger partial charge in [-0.2, -0.15) is 0 Å². The highest BCUT2D eigenvalue weighted by atomic mass is 16.6. The predicted molar refractivity (Wildman–Crippen MR) is 138 cm³/mol. The first kappa shape index (κ1) is 22.8. The van der Waals surface area contributed by atoms with Crippen LogP contribution in [-0.2, 0) is 17.8 Å². The number of aromatic nitrogens is 5. The smallest absolute Gasteiger partial charge is 0.410 e. The lowest BCUT2D eigenvalue weighted by atomic mass is 10.1. The second-order valence-electron chi connectivity index (χ2n) is 9.20. The summed E-state index contributed by atoms with van der Waals surface area (Å²) in [5.41, 5.74) is 4.48. The topological polar surface area (TPSA) is 87.3 Å². The number of hydrogen-bond acceptors (Lipinski definition) is 6. The summed E-state index contributed by atoms with van der Waals surface area (Å²) >= 11 is 0. The van der Waals surface area contributed by atoms with E-state index < -0.39 is 0 Å². The number of nitrogens with zero attached hydrogens (tertiary/aromatic N) is 6. The summed E-state index contributed by atoms with van der Waals surface area (Å²) < 4.78 is 14.9. The third-order valence-corrected chi connectivity index (χ3v) is 6.53. The number of carbonyl (C=O) groups is 1. The maximum atomic E-state index is 12.5. The third kappa shape index (κ3) is 4.63. The molecule has 0 spiro atoms. The van der Waals surface area contributed by atoms with Crippen molar-refractivity contribution < 1.29 is 14.3 Å². The van der Waals surface area contributed by atoms with Crippen LogP contribution in [-0.4, -0.2) is 55.3 Å². The van der Waals surface area contributed by atoms with Gasteiger partial charge in [0.25, 0.3) is 0 Å². The quantitative estimate of drug-likeness (QED) is 0.328. The Balaban J connectivity index is 1.13. The van der Waals surface area contributed by atoms with Crippen LogP contribution in [0.15, 0.2) is 79.4 Å². The van der Waals surface area contributed by atoms with Gasteiger partial charge in [0.05, 0.1) is 44.1 Å². The summed E-state index contributed by atoms with van der Waals surface area (Å²) in [5, 5.41) is 10.9. The third-order valence-electron chi connectivity index (χ3n) is 6.53. The predicted octanol–water partition coefficient (Wildman–Crippen LogP) is 4.62. The van der Waals surface area contributed by atoms with Crippen LogP contribution >= 0.6 is 0 Å². The van der Waals surface area contributed by atoms with Gasteiger partial charge in [-0.3, -0.25) is 0 Å². The maximum absolute atomic E-state index is 12.5. The number of amides is 1. The molecule has 1 fully saturated rings. The fourth-order valence-electron chi connectivity index (χ4n) is 4.69. The molecule has 186 valence electrons. The highest BCUT2D eigenvalue weighted by Crippen LogP contribution is 2.29. The largest absolute Gasteiger partial charge is 0.495 e. The number of hydrogen-bond donors (Lipinski definition) is 0.